The van der Waals surface area contributed by atoms with Gasteiger partial charge in [0.2, 0.25) is 0 Å². The Morgan fingerprint density at radius 1 is 1.29 bits per heavy atom. The second kappa shape index (κ2) is 3.95. The summed E-state index contributed by atoms with van der Waals surface area (Å²) in [6.07, 6.45) is 0. The number of nitrogens with zero attached hydrogens (tertiary/aromatic N) is 1. The Labute approximate surface area is 87.5 Å². The van der Waals surface area contributed by atoms with Crippen LogP contribution in [0, 0.1) is 0 Å². The highest BCUT2D eigenvalue weighted by Crippen LogP contribution is 2.19. The normalized spacial score (nSPS) is 10.7. The monoisotopic (exact) mass is 207 g/mol. The van der Waals surface area contributed by atoms with E-state index in [-0.39, 0.29) is 0 Å². The molecule has 2 rings (SSSR count). The Morgan fingerprint density at radius 3 is 2.93 bits per heavy atom. The molecule has 0 atom stereocenters. The summed E-state index contributed by atoms with van der Waals surface area (Å²) in [6, 6.07) is 9.75. The van der Waals surface area contributed by atoms with Gasteiger partial charge in [-0.15, -0.1) is 0 Å². The van der Waals surface area contributed by atoms with E-state index in [0.29, 0.717) is 11.8 Å². The van der Waals surface area contributed by atoms with Crippen molar-refractivity contribution in [3.8, 4) is 0 Å². The van der Waals surface area contributed by atoms with Gasteiger partial charge in [0.15, 0.2) is 0 Å². The standard InChI is InChI=1S/C11H10ClNO/c1-14-7-9-4-2-3-8-5-6-10(12)13-11(8)9/h2-6H,7H2,1H3. The van der Waals surface area contributed by atoms with Gasteiger partial charge >= 0.3 is 0 Å². The maximum atomic E-state index is 5.84. The van der Waals surface area contributed by atoms with E-state index in [4.69, 9.17) is 16.3 Å². The molecule has 0 saturated carbocycles. The van der Waals surface area contributed by atoms with Crippen molar-refractivity contribution in [1.82, 2.24) is 4.98 Å². The summed E-state index contributed by atoms with van der Waals surface area (Å²) >= 11 is 5.84. The Morgan fingerprint density at radius 2 is 2.14 bits per heavy atom. The van der Waals surface area contributed by atoms with E-state index in [1.807, 2.05) is 24.3 Å². The fourth-order valence-electron chi connectivity index (χ4n) is 1.46. The van der Waals surface area contributed by atoms with Crippen LogP contribution in [0.2, 0.25) is 5.15 Å². The third-order valence-electron chi connectivity index (χ3n) is 2.07. The van der Waals surface area contributed by atoms with E-state index in [1.165, 1.54) is 0 Å². The summed E-state index contributed by atoms with van der Waals surface area (Å²) in [4.78, 5) is 4.28. The van der Waals surface area contributed by atoms with Crippen molar-refractivity contribution >= 4 is 22.5 Å². The van der Waals surface area contributed by atoms with Crippen LogP contribution < -0.4 is 0 Å². The zero-order valence-corrected chi connectivity index (χ0v) is 8.58. The van der Waals surface area contributed by atoms with Crippen LogP contribution in [0.25, 0.3) is 10.9 Å². The Kier molecular flexibility index (Phi) is 2.66. The molecule has 2 aromatic rings. The number of pyridine rings is 1. The molecule has 72 valence electrons. The van der Waals surface area contributed by atoms with Crippen molar-refractivity contribution in [2.24, 2.45) is 0 Å². The summed E-state index contributed by atoms with van der Waals surface area (Å²) < 4.78 is 5.09. The number of hydrogen-bond donors (Lipinski definition) is 0. The number of rotatable bonds is 2. The average Bonchev–Trinajstić information content (AvgIpc) is 2.19. The molecule has 0 fully saturated rings. The van der Waals surface area contributed by atoms with Gasteiger partial charge in [-0.05, 0) is 12.1 Å². The van der Waals surface area contributed by atoms with Crippen LogP contribution in [0.4, 0.5) is 0 Å². The van der Waals surface area contributed by atoms with E-state index in [2.05, 4.69) is 4.98 Å². The molecule has 0 amide bonds. The van der Waals surface area contributed by atoms with Gasteiger partial charge in [0.05, 0.1) is 12.1 Å². The average molecular weight is 208 g/mol. The molecule has 2 nitrogen and oxygen atoms in total. The lowest BCUT2D eigenvalue weighted by Crippen LogP contribution is -1.91. The minimum absolute atomic E-state index is 0.515. The number of halogens is 1. The highest BCUT2D eigenvalue weighted by atomic mass is 35.5. The van der Waals surface area contributed by atoms with Crippen LogP contribution in [0.3, 0.4) is 0 Å². The first-order valence-electron chi connectivity index (χ1n) is 4.34. The van der Waals surface area contributed by atoms with E-state index in [1.54, 1.807) is 13.2 Å². The van der Waals surface area contributed by atoms with E-state index in [9.17, 15) is 0 Å². The fraction of sp³-hybridized carbons (Fsp3) is 0.182. The molecule has 1 heterocycles. The van der Waals surface area contributed by atoms with Crippen molar-refractivity contribution in [3.05, 3.63) is 41.0 Å². The molecule has 1 aromatic heterocycles. The molecule has 3 heteroatoms. The third kappa shape index (κ3) is 1.72. The maximum Gasteiger partial charge on any atom is 0.129 e. The second-order valence-corrected chi connectivity index (χ2v) is 3.44. The molecular weight excluding hydrogens is 198 g/mol. The summed E-state index contributed by atoms with van der Waals surface area (Å²) in [7, 11) is 1.67. The SMILES string of the molecule is COCc1cccc2ccc(Cl)nc12. The molecule has 0 aliphatic rings. The van der Waals surface area contributed by atoms with Gasteiger partial charge in [0.1, 0.15) is 5.15 Å². The maximum absolute atomic E-state index is 5.84. The molecule has 1 aromatic carbocycles. The molecule has 0 bridgehead atoms. The predicted octanol–water partition coefficient (Wildman–Crippen LogP) is 3.03. The zero-order chi connectivity index (χ0) is 9.97. The Bertz CT molecular complexity index is 456. The van der Waals surface area contributed by atoms with Gasteiger partial charge in [0, 0.05) is 18.1 Å². The summed E-state index contributed by atoms with van der Waals surface area (Å²) in [6.45, 7) is 0.560. The van der Waals surface area contributed by atoms with Crippen LogP contribution >= 0.6 is 11.6 Å². The lowest BCUT2D eigenvalue weighted by Gasteiger charge is -2.04. The molecule has 0 unspecified atom stereocenters. The molecular formula is C11H10ClNO. The molecule has 0 spiro atoms. The van der Waals surface area contributed by atoms with Gasteiger partial charge in [-0.1, -0.05) is 29.8 Å². The number of ether oxygens (including phenoxy) is 1. The lowest BCUT2D eigenvalue weighted by molar-refractivity contribution is 0.186. The van der Waals surface area contributed by atoms with Crippen LogP contribution in [-0.4, -0.2) is 12.1 Å². The number of fused-ring (bicyclic) bond motifs is 1. The van der Waals surface area contributed by atoms with Crippen molar-refractivity contribution < 1.29 is 4.74 Å². The van der Waals surface area contributed by atoms with Crippen molar-refractivity contribution in [2.45, 2.75) is 6.61 Å². The largest absolute Gasteiger partial charge is 0.380 e. The van der Waals surface area contributed by atoms with Gasteiger partial charge < -0.3 is 4.74 Å². The Hall–Kier alpha value is -1.12. The minimum Gasteiger partial charge on any atom is -0.380 e. The van der Waals surface area contributed by atoms with Gasteiger partial charge in [-0.2, -0.15) is 0 Å². The summed E-state index contributed by atoms with van der Waals surface area (Å²) in [5.74, 6) is 0. The fourth-order valence-corrected chi connectivity index (χ4v) is 1.60. The minimum atomic E-state index is 0.515. The quantitative estimate of drug-likeness (QED) is 0.707. The van der Waals surface area contributed by atoms with Crippen LogP contribution in [0.1, 0.15) is 5.56 Å². The number of para-hydroxylation sites is 1. The van der Waals surface area contributed by atoms with Crippen molar-refractivity contribution in [2.75, 3.05) is 7.11 Å². The van der Waals surface area contributed by atoms with Crippen molar-refractivity contribution in [1.29, 1.82) is 0 Å². The molecule has 0 radical (unpaired) electrons. The second-order valence-electron chi connectivity index (χ2n) is 3.06. The molecule has 0 saturated heterocycles. The lowest BCUT2D eigenvalue weighted by atomic mass is 10.1. The molecule has 14 heavy (non-hydrogen) atoms. The van der Waals surface area contributed by atoms with Crippen molar-refractivity contribution in [3.63, 3.8) is 0 Å². The van der Waals surface area contributed by atoms with Gasteiger partial charge in [-0.3, -0.25) is 0 Å². The first-order valence-corrected chi connectivity index (χ1v) is 4.72. The highest BCUT2D eigenvalue weighted by Gasteiger charge is 2.02. The molecule has 0 aliphatic heterocycles. The zero-order valence-electron chi connectivity index (χ0n) is 7.83. The topological polar surface area (TPSA) is 22.1 Å². The van der Waals surface area contributed by atoms with Crippen LogP contribution in [-0.2, 0) is 11.3 Å². The first-order chi connectivity index (χ1) is 6.81. The Balaban J connectivity index is 2.64. The number of hydrogen-bond acceptors (Lipinski definition) is 2. The first kappa shape index (κ1) is 9.44. The predicted molar refractivity (Wildman–Crippen MR) is 57.5 cm³/mol. The van der Waals surface area contributed by atoms with Gasteiger partial charge in [0.25, 0.3) is 0 Å². The van der Waals surface area contributed by atoms with E-state index in [0.717, 1.165) is 16.5 Å². The van der Waals surface area contributed by atoms with E-state index >= 15 is 0 Å². The number of aromatic nitrogens is 1. The van der Waals surface area contributed by atoms with E-state index < -0.39 is 0 Å². The molecule has 0 N–H and O–H groups in total. The smallest absolute Gasteiger partial charge is 0.129 e. The summed E-state index contributed by atoms with van der Waals surface area (Å²) in [5.41, 5.74) is 1.98. The van der Waals surface area contributed by atoms with Gasteiger partial charge in [-0.25, -0.2) is 4.98 Å². The highest BCUT2D eigenvalue weighted by molar-refractivity contribution is 6.29. The van der Waals surface area contributed by atoms with Crippen LogP contribution in [0.15, 0.2) is 30.3 Å². The number of benzene rings is 1. The third-order valence-corrected chi connectivity index (χ3v) is 2.28. The van der Waals surface area contributed by atoms with Crippen LogP contribution in [0.5, 0.6) is 0 Å². The summed E-state index contributed by atoms with van der Waals surface area (Å²) in [5, 5.41) is 1.60. The molecule has 0 aliphatic carbocycles. The number of methoxy groups -OCH3 is 1.